The number of nitrogens with two attached hydrogens (primary N) is 1. The van der Waals surface area contributed by atoms with E-state index in [0.717, 1.165) is 11.5 Å². The van der Waals surface area contributed by atoms with Crippen LogP contribution in [0.25, 0.3) is 0 Å². The number of ether oxygens (including phenoxy) is 1. The van der Waals surface area contributed by atoms with E-state index in [-0.39, 0.29) is 0 Å². The standard InChI is InChI=1S/C10H14N2O/c1-13-10-8(5-11)4-9(6-12-10)7-2-3-7/h4,6-7H,2-3,5,11H2,1H3. The van der Waals surface area contributed by atoms with E-state index in [9.17, 15) is 0 Å². The largest absolute Gasteiger partial charge is 0.481 e. The Morgan fingerprint density at radius 2 is 2.38 bits per heavy atom. The zero-order valence-corrected chi connectivity index (χ0v) is 7.79. The van der Waals surface area contributed by atoms with Crippen molar-refractivity contribution in [1.29, 1.82) is 0 Å². The van der Waals surface area contributed by atoms with Crippen LogP contribution in [0.2, 0.25) is 0 Å². The third kappa shape index (κ3) is 1.65. The molecular weight excluding hydrogens is 164 g/mol. The molecule has 0 atom stereocenters. The second-order valence-electron chi connectivity index (χ2n) is 3.42. The van der Waals surface area contributed by atoms with E-state index in [4.69, 9.17) is 10.5 Å². The Hall–Kier alpha value is -1.09. The van der Waals surface area contributed by atoms with Gasteiger partial charge in [0, 0.05) is 18.3 Å². The minimum atomic E-state index is 0.497. The van der Waals surface area contributed by atoms with Crippen LogP contribution < -0.4 is 10.5 Å². The van der Waals surface area contributed by atoms with Gasteiger partial charge in [0.15, 0.2) is 0 Å². The highest BCUT2D eigenvalue weighted by molar-refractivity contribution is 5.33. The van der Waals surface area contributed by atoms with Crippen LogP contribution in [0.1, 0.15) is 29.9 Å². The SMILES string of the molecule is COc1ncc(C2CC2)cc1CN. The van der Waals surface area contributed by atoms with Crippen LogP contribution in [0.15, 0.2) is 12.3 Å². The summed E-state index contributed by atoms with van der Waals surface area (Å²) >= 11 is 0. The van der Waals surface area contributed by atoms with Crippen molar-refractivity contribution < 1.29 is 4.74 Å². The minimum Gasteiger partial charge on any atom is -0.481 e. The number of aromatic nitrogens is 1. The van der Waals surface area contributed by atoms with E-state index in [1.165, 1.54) is 18.4 Å². The Kier molecular flexibility index (Phi) is 2.19. The fourth-order valence-corrected chi connectivity index (χ4v) is 1.49. The molecule has 2 rings (SSSR count). The Bertz CT molecular complexity index is 308. The van der Waals surface area contributed by atoms with Gasteiger partial charge in [0.25, 0.3) is 0 Å². The number of pyridine rings is 1. The molecule has 13 heavy (non-hydrogen) atoms. The van der Waals surface area contributed by atoms with Crippen molar-refractivity contribution in [2.45, 2.75) is 25.3 Å². The zero-order valence-electron chi connectivity index (χ0n) is 7.79. The third-order valence-corrected chi connectivity index (χ3v) is 2.41. The summed E-state index contributed by atoms with van der Waals surface area (Å²) in [4.78, 5) is 4.23. The molecule has 0 aromatic carbocycles. The van der Waals surface area contributed by atoms with Crippen molar-refractivity contribution >= 4 is 0 Å². The molecule has 70 valence electrons. The number of hydrogen-bond acceptors (Lipinski definition) is 3. The maximum Gasteiger partial charge on any atom is 0.217 e. The predicted molar refractivity (Wildman–Crippen MR) is 50.7 cm³/mol. The lowest BCUT2D eigenvalue weighted by molar-refractivity contribution is 0.392. The molecule has 1 aromatic heterocycles. The third-order valence-electron chi connectivity index (χ3n) is 2.41. The lowest BCUT2D eigenvalue weighted by Crippen LogP contribution is -2.02. The monoisotopic (exact) mass is 178 g/mol. The Morgan fingerprint density at radius 1 is 1.62 bits per heavy atom. The van der Waals surface area contributed by atoms with Gasteiger partial charge in [-0.05, 0) is 30.4 Å². The van der Waals surface area contributed by atoms with E-state index in [1.54, 1.807) is 7.11 Å². The van der Waals surface area contributed by atoms with Crippen molar-refractivity contribution in [3.05, 3.63) is 23.4 Å². The second-order valence-corrected chi connectivity index (χ2v) is 3.42. The summed E-state index contributed by atoms with van der Waals surface area (Å²) in [6, 6.07) is 2.11. The lowest BCUT2D eigenvalue weighted by atomic mass is 10.1. The molecule has 3 nitrogen and oxygen atoms in total. The van der Waals surface area contributed by atoms with Gasteiger partial charge in [-0.1, -0.05) is 0 Å². The highest BCUT2D eigenvalue weighted by Crippen LogP contribution is 2.40. The molecule has 0 bridgehead atoms. The van der Waals surface area contributed by atoms with Crippen LogP contribution in [0.5, 0.6) is 5.88 Å². The fraction of sp³-hybridized carbons (Fsp3) is 0.500. The van der Waals surface area contributed by atoms with E-state index in [2.05, 4.69) is 11.1 Å². The highest BCUT2D eigenvalue weighted by atomic mass is 16.5. The summed E-state index contributed by atoms with van der Waals surface area (Å²) in [6.07, 6.45) is 4.48. The van der Waals surface area contributed by atoms with Crippen LogP contribution >= 0.6 is 0 Å². The molecule has 1 heterocycles. The average molecular weight is 178 g/mol. The first-order chi connectivity index (χ1) is 6.35. The highest BCUT2D eigenvalue weighted by Gasteiger charge is 2.24. The van der Waals surface area contributed by atoms with Crippen LogP contribution in [0.3, 0.4) is 0 Å². The van der Waals surface area contributed by atoms with Crippen LogP contribution in [0, 0.1) is 0 Å². The maximum atomic E-state index is 5.60. The number of nitrogens with zero attached hydrogens (tertiary/aromatic N) is 1. The van der Waals surface area contributed by atoms with Gasteiger partial charge in [-0.3, -0.25) is 0 Å². The molecular formula is C10H14N2O. The van der Waals surface area contributed by atoms with Gasteiger partial charge >= 0.3 is 0 Å². The Morgan fingerprint density at radius 3 is 2.92 bits per heavy atom. The van der Waals surface area contributed by atoms with Gasteiger partial charge in [-0.15, -0.1) is 0 Å². The molecule has 1 aromatic rings. The minimum absolute atomic E-state index is 0.497. The molecule has 0 radical (unpaired) electrons. The van der Waals surface area contributed by atoms with Crippen molar-refractivity contribution in [3.63, 3.8) is 0 Å². The molecule has 0 aliphatic heterocycles. The zero-order chi connectivity index (χ0) is 9.26. The molecule has 1 aliphatic carbocycles. The molecule has 1 saturated carbocycles. The number of rotatable bonds is 3. The molecule has 1 aliphatic rings. The fourth-order valence-electron chi connectivity index (χ4n) is 1.49. The second kappa shape index (κ2) is 3.34. The van der Waals surface area contributed by atoms with Gasteiger partial charge in [0.05, 0.1) is 7.11 Å². The number of hydrogen-bond donors (Lipinski definition) is 1. The molecule has 2 N–H and O–H groups in total. The van der Waals surface area contributed by atoms with Crippen molar-refractivity contribution in [3.8, 4) is 5.88 Å². The smallest absolute Gasteiger partial charge is 0.217 e. The van der Waals surface area contributed by atoms with E-state index in [1.807, 2.05) is 6.20 Å². The summed E-state index contributed by atoms with van der Waals surface area (Å²) in [5.74, 6) is 1.38. The summed E-state index contributed by atoms with van der Waals surface area (Å²) in [7, 11) is 1.62. The number of methoxy groups -OCH3 is 1. The molecule has 3 heteroatoms. The predicted octanol–water partition coefficient (Wildman–Crippen LogP) is 1.43. The van der Waals surface area contributed by atoms with Crippen molar-refractivity contribution in [2.24, 2.45) is 5.73 Å². The first-order valence-electron chi connectivity index (χ1n) is 4.58. The summed E-state index contributed by atoms with van der Waals surface area (Å²) < 4.78 is 5.10. The van der Waals surface area contributed by atoms with Gasteiger partial charge in [-0.2, -0.15) is 0 Å². The van der Waals surface area contributed by atoms with Crippen molar-refractivity contribution in [1.82, 2.24) is 4.98 Å². The van der Waals surface area contributed by atoms with Gasteiger partial charge in [-0.25, -0.2) is 4.98 Å². The van der Waals surface area contributed by atoms with E-state index >= 15 is 0 Å². The molecule has 0 saturated heterocycles. The van der Waals surface area contributed by atoms with E-state index < -0.39 is 0 Å². The molecule has 0 unspecified atom stereocenters. The molecule has 1 fully saturated rings. The van der Waals surface area contributed by atoms with E-state index in [0.29, 0.717) is 12.4 Å². The molecule has 0 amide bonds. The van der Waals surface area contributed by atoms with Crippen LogP contribution in [-0.2, 0) is 6.54 Å². The summed E-state index contributed by atoms with van der Waals surface area (Å²) in [5.41, 5.74) is 7.91. The Balaban J connectivity index is 2.31. The first-order valence-corrected chi connectivity index (χ1v) is 4.58. The summed E-state index contributed by atoms with van der Waals surface area (Å²) in [5, 5.41) is 0. The first kappa shape index (κ1) is 8.51. The maximum absolute atomic E-state index is 5.60. The van der Waals surface area contributed by atoms with Crippen molar-refractivity contribution in [2.75, 3.05) is 7.11 Å². The van der Waals surface area contributed by atoms with Crippen LogP contribution in [0.4, 0.5) is 0 Å². The Labute approximate surface area is 77.9 Å². The molecule has 0 spiro atoms. The average Bonchev–Trinajstić information content (AvgIpc) is 3.00. The van der Waals surface area contributed by atoms with Gasteiger partial charge in [0.1, 0.15) is 0 Å². The van der Waals surface area contributed by atoms with Gasteiger partial charge < -0.3 is 10.5 Å². The lowest BCUT2D eigenvalue weighted by Gasteiger charge is -2.06. The quantitative estimate of drug-likeness (QED) is 0.761. The summed E-state index contributed by atoms with van der Waals surface area (Å²) in [6.45, 7) is 0.497. The van der Waals surface area contributed by atoms with Crippen LogP contribution in [-0.4, -0.2) is 12.1 Å². The van der Waals surface area contributed by atoms with Gasteiger partial charge in [0.2, 0.25) is 5.88 Å². The topological polar surface area (TPSA) is 48.1 Å². The normalized spacial score (nSPS) is 15.8.